The number of nitrogens with one attached hydrogen (secondary N) is 2. The van der Waals surface area contributed by atoms with E-state index in [1.165, 1.54) is 24.3 Å². The zero-order valence-corrected chi connectivity index (χ0v) is 13.2. The highest BCUT2D eigenvalue weighted by Gasteiger charge is 2.32. The van der Waals surface area contributed by atoms with Crippen LogP contribution in [0.2, 0.25) is 0 Å². The molecule has 0 aromatic heterocycles. The molecule has 126 valence electrons. The topological polar surface area (TPSA) is 111 Å². The smallest absolute Gasteiger partial charge is 0.338 e. The van der Waals surface area contributed by atoms with Crippen molar-refractivity contribution in [1.29, 1.82) is 0 Å². The number of carbonyl (C=O) groups excluding carboxylic acids is 2. The quantitative estimate of drug-likeness (QED) is 0.372. The number of rotatable bonds is 5. The maximum Gasteiger partial charge on any atom is 0.338 e. The molecule has 0 spiro atoms. The molecule has 1 aromatic rings. The zero-order valence-electron chi connectivity index (χ0n) is 13.2. The molecule has 1 aliphatic heterocycles. The summed E-state index contributed by atoms with van der Waals surface area (Å²) in [6.07, 6.45) is 3.44. The summed E-state index contributed by atoms with van der Waals surface area (Å²) in [6, 6.07) is 4.45. The summed E-state index contributed by atoms with van der Waals surface area (Å²) in [5.41, 5.74) is 1.12. The number of nitro benzene ring substituents is 1. The van der Waals surface area contributed by atoms with Gasteiger partial charge < -0.3 is 15.4 Å². The third kappa shape index (κ3) is 3.78. The van der Waals surface area contributed by atoms with Crippen LogP contribution in [0.3, 0.4) is 0 Å². The summed E-state index contributed by atoms with van der Waals surface area (Å²) in [5, 5.41) is 15.9. The Morgan fingerprint density at radius 2 is 2.04 bits per heavy atom. The number of allylic oxidation sites excluding steroid dienone is 2. The van der Waals surface area contributed by atoms with Crippen LogP contribution >= 0.6 is 0 Å². The van der Waals surface area contributed by atoms with Crippen molar-refractivity contribution < 1.29 is 19.2 Å². The van der Waals surface area contributed by atoms with Crippen molar-refractivity contribution in [2.45, 2.75) is 19.9 Å². The molecule has 0 aliphatic carbocycles. The first-order valence-electron chi connectivity index (χ1n) is 7.25. The number of amides is 2. The first-order valence-corrected chi connectivity index (χ1v) is 7.25. The number of hydrogen-bond donors (Lipinski definition) is 2. The molecule has 8 heteroatoms. The molecule has 0 bridgehead atoms. The van der Waals surface area contributed by atoms with Crippen molar-refractivity contribution in [2.75, 3.05) is 6.61 Å². The number of urea groups is 1. The SMILES string of the molecule is C/C=C/COC(=O)C1=C(C)NC(=O)N[C@H]1c1ccc([N+](=O)[O-])cc1. The van der Waals surface area contributed by atoms with Gasteiger partial charge in [-0.15, -0.1) is 0 Å². The van der Waals surface area contributed by atoms with E-state index in [2.05, 4.69) is 10.6 Å². The van der Waals surface area contributed by atoms with Crippen LogP contribution in [0.5, 0.6) is 0 Å². The van der Waals surface area contributed by atoms with E-state index in [0.717, 1.165) is 0 Å². The van der Waals surface area contributed by atoms with E-state index < -0.39 is 23.0 Å². The van der Waals surface area contributed by atoms with Gasteiger partial charge in [0.2, 0.25) is 0 Å². The molecule has 1 atom stereocenters. The van der Waals surface area contributed by atoms with E-state index in [4.69, 9.17) is 4.74 Å². The highest BCUT2D eigenvalue weighted by molar-refractivity contribution is 5.95. The van der Waals surface area contributed by atoms with Crippen LogP contribution in [0, 0.1) is 10.1 Å². The third-order valence-corrected chi connectivity index (χ3v) is 3.47. The van der Waals surface area contributed by atoms with E-state index in [0.29, 0.717) is 11.3 Å². The van der Waals surface area contributed by atoms with Crippen molar-refractivity contribution in [3.63, 3.8) is 0 Å². The summed E-state index contributed by atoms with van der Waals surface area (Å²) < 4.78 is 5.16. The van der Waals surface area contributed by atoms with Crippen LogP contribution in [0.4, 0.5) is 10.5 Å². The largest absolute Gasteiger partial charge is 0.458 e. The van der Waals surface area contributed by atoms with Gasteiger partial charge in [0, 0.05) is 17.8 Å². The van der Waals surface area contributed by atoms with Crippen LogP contribution in [-0.4, -0.2) is 23.5 Å². The highest BCUT2D eigenvalue weighted by atomic mass is 16.6. The predicted octanol–water partition coefficient (Wildman–Crippen LogP) is 2.34. The fourth-order valence-corrected chi connectivity index (χ4v) is 2.30. The van der Waals surface area contributed by atoms with Crippen molar-refractivity contribution in [3.8, 4) is 0 Å². The fraction of sp³-hybridized carbons (Fsp3) is 0.250. The number of non-ortho nitro benzene ring substituents is 1. The lowest BCUT2D eigenvalue weighted by Gasteiger charge is -2.28. The van der Waals surface area contributed by atoms with Gasteiger partial charge in [-0.2, -0.15) is 0 Å². The lowest BCUT2D eigenvalue weighted by atomic mass is 9.95. The van der Waals surface area contributed by atoms with E-state index in [-0.39, 0.29) is 17.9 Å². The Kier molecular flexibility index (Phi) is 5.31. The van der Waals surface area contributed by atoms with E-state index in [1.807, 2.05) is 0 Å². The van der Waals surface area contributed by atoms with E-state index in [9.17, 15) is 19.7 Å². The second kappa shape index (κ2) is 7.40. The second-order valence-electron chi connectivity index (χ2n) is 5.09. The molecular formula is C16H17N3O5. The molecule has 1 heterocycles. The minimum atomic E-state index is -0.738. The molecule has 1 aliphatic rings. The summed E-state index contributed by atoms with van der Waals surface area (Å²) in [6.45, 7) is 3.52. The van der Waals surface area contributed by atoms with Gasteiger partial charge in [-0.3, -0.25) is 10.1 Å². The molecule has 0 unspecified atom stereocenters. The molecule has 24 heavy (non-hydrogen) atoms. The first-order chi connectivity index (χ1) is 11.4. The minimum Gasteiger partial charge on any atom is -0.458 e. The van der Waals surface area contributed by atoms with Crippen LogP contribution < -0.4 is 10.6 Å². The average Bonchev–Trinajstić information content (AvgIpc) is 2.54. The van der Waals surface area contributed by atoms with Crippen molar-refractivity contribution in [3.05, 3.63) is 63.4 Å². The number of carbonyl (C=O) groups is 2. The highest BCUT2D eigenvalue weighted by Crippen LogP contribution is 2.28. The Morgan fingerprint density at radius 1 is 1.38 bits per heavy atom. The lowest BCUT2D eigenvalue weighted by molar-refractivity contribution is -0.384. The number of benzene rings is 1. The monoisotopic (exact) mass is 331 g/mol. The normalized spacial score (nSPS) is 17.4. The molecular weight excluding hydrogens is 314 g/mol. The van der Waals surface area contributed by atoms with Gasteiger partial charge in [0.15, 0.2) is 0 Å². The first kappa shape index (κ1) is 17.2. The van der Waals surface area contributed by atoms with Gasteiger partial charge in [-0.25, -0.2) is 9.59 Å². The van der Waals surface area contributed by atoms with Crippen molar-refractivity contribution in [2.24, 2.45) is 0 Å². The Morgan fingerprint density at radius 3 is 2.62 bits per heavy atom. The van der Waals surface area contributed by atoms with E-state index in [1.54, 1.807) is 26.0 Å². The van der Waals surface area contributed by atoms with Gasteiger partial charge in [-0.1, -0.05) is 12.2 Å². The van der Waals surface area contributed by atoms with Gasteiger partial charge >= 0.3 is 12.0 Å². The predicted molar refractivity (Wildman–Crippen MR) is 86.0 cm³/mol. The lowest BCUT2D eigenvalue weighted by Crippen LogP contribution is -2.45. The second-order valence-corrected chi connectivity index (χ2v) is 5.09. The molecule has 2 N–H and O–H groups in total. The molecule has 8 nitrogen and oxygen atoms in total. The standard InChI is InChI=1S/C16H17N3O5/c1-3-4-9-24-15(20)13-10(2)17-16(21)18-14(13)11-5-7-12(8-6-11)19(22)23/h3-8,14H,9H2,1-2H3,(H2,17,18,21)/b4-3+/t14-/m0/s1. The number of nitrogens with zero attached hydrogens (tertiary/aromatic N) is 1. The molecule has 2 amide bonds. The fourth-order valence-electron chi connectivity index (χ4n) is 2.30. The molecule has 1 aromatic carbocycles. The summed E-state index contributed by atoms with van der Waals surface area (Å²) in [7, 11) is 0. The Labute approximate surface area is 138 Å². The molecule has 0 saturated carbocycles. The van der Waals surface area contributed by atoms with Crippen molar-refractivity contribution >= 4 is 17.7 Å². The van der Waals surface area contributed by atoms with Gasteiger partial charge in [0.25, 0.3) is 5.69 Å². The maximum atomic E-state index is 12.3. The molecule has 0 fully saturated rings. The van der Waals surface area contributed by atoms with Crippen molar-refractivity contribution in [1.82, 2.24) is 10.6 Å². The molecule has 0 saturated heterocycles. The Bertz CT molecular complexity index is 722. The molecule has 0 radical (unpaired) electrons. The van der Waals surface area contributed by atoms with Gasteiger partial charge in [0.1, 0.15) is 6.61 Å². The zero-order chi connectivity index (χ0) is 17.7. The summed E-state index contributed by atoms with van der Waals surface area (Å²) in [4.78, 5) is 34.3. The number of esters is 1. The van der Waals surface area contributed by atoms with Crippen LogP contribution in [-0.2, 0) is 9.53 Å². The average molecular weight is 331 g/mol. The van der Waals surface area contributed by atoms with Crippen LogP contribution in [0.1, 0.15) is 25.5 Å². The molecule has 2 rings (SSSR count). The minimum absolute atomic E-state index is 0.0723. The van der Waals surface area contributed by atoms with Gasteiger partial charge in [0.05, 0.1) is 16.5 Å². The number of hydrogen-bond acceptors (Lipinski definition) is 5. The number of nitro groups is 1. The number of ether oxygens (including phenoxy) is 1. The van der Waals surface area contributed by atoms with Gasteiger partial charge in [-0.05, 0) is 31.5 Å². The summed E-state index contributed by atoms with van der Waals surface area (Å²) in [5.74, 6) is -0.568. The maximum absolute atomic E-state index is 12.3. The Hall–Kier alpha value is -3.16. The Balaban J connectivity index is 2.33. The summed E-state index contributed by atoms with van der Waals surface area (Å²) >= 11 is 0. The third-order valence-electron chi connectivity index (χ3n) is 3.47. The van der Waals surface area contributed by atoms with E-state index >= 15 is 0 Å². The van der Waals surface area contributed by atoms with Crippen LogP contribution in [0.25, 0.3) is 0 Å². The van der Waals surface area contributed by atoms with Crippen LogP contribution in [0.15, 0.2) is 47.7 Å².